The molecule has 0 saturated carbocycles. The molecule has 0 radical (unpaired) electrons. The average molecular weight is 387 g/mol. The van der Waals surface area contributed by atoms with Gasteiger partial charge in [-0.15, -0.1) is 0 Å². The molecule has 0 spiro atoms. The summed E-state index contributed by atoms with van der Waals surface area (Å²) < 4.78 is 11.2. The average Bonchev–Trinajstić information content (AvgIpc) is 2.87. The van der Waals surface area contributed by atoms with Gasteiger partial charge in [-0.1, -0.05) is 11.6 Å². The molecule has 7 heteroatoms. The van der Waals surface area contributed by atoms with Gasteiger partial charge in [0.05, 0.1) is 18.2 Å². The van der Waals surface area contributed by atoms with E-state index in [0.29, 0.717) is 41.1 Å². The predicted molar refractivity (Wildman–Crippen MR) is 105 cm³/mol. The van der Waals surface area contributed by atoms with Gasteiger partial charge < -0.3 is 20.1 Å². The number of fused-ring (bicyclic) bond motifs is 1. The minimum absolute atomic E-state index is 0.150. The molecule has 2 N–H and O–H groups in total. The van der Waals surface area contributed by atoms with Crippen molar-refractivity contribution in [1.82, 2.24) is 0 Å². The highest BCUT2D eigenvalue weighted by atomic mass is 35.5. The van der Waals surface area contributed by atoms with Crippen LogP contribution in [0.4, 0.5) is 11.4 Å². The van der Waals surface area contributed by atoms with Crippen molar-refractivity contribution in [2.24, 2.45) is 0 Å². The van der Waals surface area contributed by atoms with Crippen molar-refractivity contribution < 1.29 is 19.1 Å². The Hall–Kier alpha value is -2.99. The predicted octanol–water partition coefficient (Wildman–Crippen LogP) is 4.11. The Morgan fingerprint density at radius 3 is 2.41 bits per heavy atom. The number of ether oxygens (including phenoxy) is 2. The number of nitrogens with one attached hydrogen (secondary N) is 2. The van der Waals surface area contributed by atoms with Crippen molar-refractivity contribution in [2.45, 2.75) is 13.3 Å². The van der Waals surface area contributed by atoms with Crippen LogP contribution in [0.15, 0.2) is 42.5 Å². The van der Waals surface area contributed by atoms with Crippen LogP contribution in [0.1, 0.15) is 18.9 Å². The molecular formula is C20H19ClN2O4. The fraction of sp³-hybridized carbons (Fsp3) is 0.200. The van der Waals surface area contributed by atoms with Gasteiger partial charge in [0.1, 0.15) is 0 Å². The summed E-state index contributed by atoms with van der Waals surface area (Å²) >= 11 is 6.25. The third-order valence-electron chi connectivity index (χ3n) is 3.72. The minimum Gasteiger partial charge on any atom is -0.489 e. The van der Waals surface area contributed by atoms with Crippen LogP contribution in [-0.2, 0) is 9.59 Å². The Morgan fingerprint density at radius 2 is 1.70 bits per heavy atom. The van der Waals surface area contributed by atoms with Crippen molar-refractivity contribution in [2.75, 3.05) is 23.8 Å². The topological polar surface area (TPSA) is 76.7 Å². The van der Waals surface area contributed by atoms with E-state index in [4.69, 9.17) is 21.1 Å². The molecular weight excluding hydrogens is 368 g/mol. The molecule has 1 aliphatic heterocycles. The van der Waals surface area contributed by atoms with E-state index in [1.54, 1.807) is 42.5 Å². The van der Waals surface area contributed by atoms with E-state index in [9.17, 15) is 9.59 Å². The monoisotopic (exact) mass is 386 g/mol. The largest absolute Gasteiger partial charge is 0.489 e. The molecule has 2 aromatic carbocycles. The summed E-state index contributed by atoms with van der Waals surface area (Å²) in [6.07, 6.45) is 3.86. The maximum atomic E-state index is 12.1. The Morgan fingerprint density at radius 1 is 1.04 bits per heavy atom. The van der Waals surface area contributed by atoms with Crippen molar-refractivity contribution in [1.29, 1.82) is 0 Å². The second-order valence-corrected chi connectivity index (χ2v) is 6.37. The first-order valence-corrected chi connectivity index (χ1v) is 8.85. The molecule has 6 nitrogen and oxygen atoms in total. The first-order valence-electron chi connectivity index (χ1n) is 8.47. The molecule has 140 valence electrons. The fourth-order valence-electron chi connectivity index (χ4n) is 2.54. The number of benzene rings is 2. The molecule has 0 fully saturated rings. The minimum atomic E-state index is -0.287. The molecule has 0 saturated heterocycles. The Balaban J connectivity index is 1.65. The number of rotatable bonds is 4. The first-order chi connectivity index (χ1) is 13.0. The maximum absolute atomic E-state index is 12.1. The summed E-state index contributed by atoms with van der Waals surface area (Å²) in [6.45, 7) is 2.56. The molecule has 0 unspecified atom stereocenters. The highest BCUT2D eigenvalue weighted by molar-refractivity contribution is 6.32. The van der Waals surface area contributed by atoms with Crippen LogP contribution in [0.3, 0.4) is 0 Å². The molecule has 0 atom stereocenters. The fourth-order valence-corrected chi connectivity index (χ4v) is 2.82. The lowest BCUT2D eigenvalue weighted by Crippen LogP contribution is -2.08. The van der Waals surface area contributed by atoms with Gasteiger partial charge in [0.25, 0.3) is 0 Å². The summed E-state index contributed by atoms with van der Waals surface area (Å²) in [5.74, 6) is 0.678. The Bertz CT molecular complexity index is 878. The Kier molecular flexibility index (Phi) is 5.98. The van der Waals surface area contributed by atoms with Gasteiger partial charge in [-0.25, -0.2) is 0 Å². The zero-order valence-electron chi connectivity index (χ0n) is 14.8. The maximum Gasteiger partial charge on any atom is 0.248 e. The number of hydrogen-bond donors (Lipinski definition) is 2. The molecule has 1 heterocycles. The van der Waals surface area contributed by atoms with Crippen molar-refractivity contribution in [3.63, 3.8) is 0 Å². The third kappa shape index (κ3) is 5.24. The molecule has 2 aromatic rings. The lowest BCUT2D eigenvalue weighted by molar-refractivity contribution is -0.114. The van der Waals surface area contributed by atoms with Gasteiger partial charge in [0.2, 0.25) is 11.8 Å². The van der Waals surface area contributed by atoms with Crippen LogP contribution in [0.25, 0.3) is 6.08 Å². The molecule has 0 aromatic heterocycles. The number of amides is 2. The van der Waals surface area contributed by atoms with Gasteiger partial charge in [0.15, 0.2) is 11.5 Å². The van der Waals surface area contributed by atoms with Crippen LogP contribution >= 0.6 is 11.6 Å². The third-order valence-corrected chi connectivity index (χ3v) is 4.01. The quantitative estimate of drug-likeness (QED) is 0.775. The summed E-state index contributed by atoms with van der Waals surface area (Å²) in [7, 11) is 0. The van der Waals surface area contributed by atoms with Crippen molar-refractivity contribution in [3.8, 4) is 11.5 Å². The summed E-state index contributed by atoms with van der Waals surface area (Å²) in [5, 5.41) is 5.87. The van der Waals surface area contributed by atoms with Crippen LogP contribution in [-0.4, -0.2) is 25.0 Å². The van der Waals surface area contributed by atoms with Gasteiger partial charge >= 0.3 is 0 Å². The van der Waals surface area contributed by atoms with E-state index in [2.05, 4.69) is 10.6 Å². The van der Waals surface area contributed by atoms with Crippen LogP contribution in [0.2, 0.25) is 5.02 Å². The number of hydrogen-bond acceptors (Lipinski definition) is 4. The van der Waals surface area contributed by atoms with E-state index < -0.39 is 0 Å². The van der Waals surface area contributed by atoms with E-state index >= 15 is 0 Å². The molecule has 27 heavy (non-hydrogen) atoms. The van der Waals surface area contributed by atoms with Crippen LogP contribution in [0, 0.1) is 0 Å². The summed E-state index contributed by atoms with van der Waals surface area (Å²) in [6, 6.07) is 10.4. The number of anilines is 2. The van der Waals surface area contributed by atoms with E-state index in [1.165, 1.54) is 13.0 Å². The highest BCUT2D eigenvalue weighted by Crippen LogP contribution is 2.38. The highest BCUT2D eigenvalue weighted by Gasteiger charge is 2.14. The molecule has 3 rings (SSSR count). The number of carbonyl (C=O) groups is 2. The lowest BCUT2D eigenvalue weighted by atomic mass is 10.2. The smallest absolute Gasteiger partial charge is 0.248 e. The van der Waals surface area contributed by atoms with E-state index in [0.717, 1.165) is 12.0 Å². The van der Waals surface area contributed by atoms with Crippen LogP contribution in [0.5, 0.6) is 11.5 Å². The van der Waals surface area contributed by atoms with Gasteiger partial charge in [-0.2, -0.15) is 0 Å². The normalized spacial score (nSPS) is 13.1. The van der Waals surface area contributed by atoms with Gasteiger partial charge in [-0.3, -0.25) is 9.59 Å². The zero-order valence-corrected chi connectivity index (χ0v) is 15.5. The lowest BCUT2D eigenvalue weighted by Gasteiger charge is -2.10. The summed E-state index contributed by atoms with van der Waals surface area (Å²) in [4.78, 5) is 23.1. The standard InChI is InChI=1S/C20H19ClN2O4/c1-13(24)22-15-4-6-16(7-5-15)23-19(25)8-3-14-11-17(21)20-18(12-14)26-9-2-10-27-20/h3-8,11-12H,2,9-10H2,1H3,(H,22,24)(H,23,25)/b8-3+. The number of carbonyl (C=O) groups excluding carboxylic acids is 2. The number of halogens is 1. The van der Waals surface area contributed by atoms with Gasteiger partial charge in [0, 0.05) is 30.8 Å². The second kappa shape index (κ2) is 8.60. The SMILES string of the molecule is CC(=O)Nc1ccc(NC(=O)/C=C/c2cc(Cl)c3c(c2)OCCCO3)cc1. The molecule has 1 aliphatic rings. The second-order valence-electron chi connectivity index (χ2n) is 5.96. The van der Waals surface area contributed by atoms with Crippen LogP contribution < -0.4 is 20.1 Å². The van der Waals surface area contributed by atoms with E-state index in [-0.39, 0.29) is 11.8 Å². The van der Waals surface area contributed by atoms with Gasteiger partial charge in [-0.05, 0) is 48.0 Å². The van der Waals surface area contributed by atoms with Crippen molar-refractivity contribution in [3.05, 3.63) is 53.1 Å². The summed E-state index contributed by atoms with van der Waals surface area (Å²) in [5.41, 5.74) is 2.02. The zero-order chi connectivity index (χ0) is 19.2. The molecule has 0 bridgehead atoms. The molecule has 0 aliphatic carbocycles. The Labute approximate surface area is 162 Å². The van der Waals surface area contributed by atoms with E-state index in [1.807, 2.05) is 0 Å². The first kappa shape index (κ1) is 18.8. The molecule has 2 amide bonds. The van der Waals surface area contributed by atoms with Crippen molar-refractivity contribution >= 4 is 40.9 Å².